The maximum Gasteiger partial charge on any atom is 0.260 e. The largest absolute Gasteiger partial charge is 0.342 e. The van der Waals surface area contributed by atoms with Crippen LogP contribution >= 0.6 is 11.8 Å². The molecule has 0 radical (unpaired) electrons. The molecular weight excluding hydrogens is 350 g/mol. The normalized spacial score (nSPS) is 20.0. The molecule has 1 atom stereocenters. The third-order valence-electron chi connectivity index (χ3n) is 5.17. The van der Waals surface area contributed by atoms with Gasteiger partial charge in [-0.2, -0.15) is 4.98 Å². The van der Waals surface area contributed by atoms with E-state index in [2.05, 4.69) is 15.1 Å². The van der Waals surface area contributed by atoms with Gasteiger partial charge >= 0.3 is 0 Å². The molecule has 2 aromatic rings. The highest BCUT2D eigenvalue weighted by Gasteiger charge is 2.39. The molecule has 2 aromatic heterocycles. The molecule has 0 bridgehead atoms. The summed E-state index contributed by atoms with van der Waals surface area (Å²) in [6.07, 6.45) is 6.73. The molecule has 1 saturated heterocycles. The fourth-order valence-corrected chi connectivity index (χ4v) is 4.37. The van der Waals surface area contributed by atoms with Crippen LogP contribution in [0.4, 0.5) is 0 Å². The van der Waals surface area contributed by atoms with E-state index in [-0.39, 0.29) is 11.2 Å². The number of thioether (sulfide) groups is 1. The lowest BCUT2D eigenvalue weighted by Crippen LogP contribution is -2.44. The quantitative estimate of drug-likeness (QED) is 0.804. The number of hydrogen-bond acceptors (Lipinski definition) is 7. The van der Waals surface area contributed by atoms with Gasteiger partial charge in [0, 0.05) is 19.3 Å². The second kappa shape index (κ2) is 7.00. The van der Waals surface area contributed by atoms with Crippen molar-refractivity contribution in [3.05, 3.63) is 24.2 Å². The molecule has 0 aromatic carbocycles. The fourth-order valence-electron chi connectivity index (χ4n) is 3.38. The fraction of sp³-hybridized carbons (Fsp3) is 0.556. The summed E-state index contributed by atoms with van der Waals surface area (Å²) in [6, 6.07) is 3.72. The minimum Gasteiger partial charge on any atom is -0.342 e. The summed E-state index contributed by atoms with van der Waals surface area (Å²) in [6.45, 7) is 3.63. The zero-order chi connectivity index (χ0) is 18.1. The maximum atomic E-state index is 12.6. The smallest absolute Gasteiger partial charge is 0.260 e. The number of aromatic nitrogens is 3. The Morgan fingerprint density at radius 2 is 2.12 bits per heavy atom. The SMILES string of the molecule is CC(Sc1ncccc1-c1nc(C2(N)CCC2)no1)C(=O)N1CCCC1. The predicted octanol–water partition coefficient (Wildman–Crippen LogP) is 2.57. The van der Waals surface area contributed by atoms with E-state index in [1.165, 1.54) is 11.8 Å². The highest BCUT2D eigenvalue weighted by Crippen LogP contribution is 2.38. The Bertz CT molecular complexity index is 798. The highest BCUT2D eigenvalue weighted by atomic mass is 32.2. The van der Waals surface area contributed by atoms with Crippen LogP contribution in [0.1, 0.15) is 44.9 Å². The van der Waals surface area contributed by atoms with Crippen LogP contribution in [-0.4, -0.2) is 44.3 Å². The molecular formula is C18H23N5O2S. The summed E-state index contributed by atoms with van der Waals surface area (Å²) >= 11 is 1.44. The van der Waals surface area contributed by atoms with Crippen LogP contribution in [0.5, 0.6) is 0 Å². The van der Waals surface area contributed by atoms with Gasteiger partial charge in [0.05, 0.1) is 16.4 Å². The number of nitrogens with zero attached hydrogens (tertiary/aromatic N) is 4. The molecule has 2 aliphatic rings. The summed E-state index contributed by atoms with van der Waals surface area (Å²) in [7, 11) is 0. The molecule has 8 heteroatoms. The van der Waals surface area contributed by atoms with E-state index < -0.39 is 5.54 Å². The molecule has 4 rings (SSSR count). The molecule has 1 amide bonds. The molecule has 2 N–H and O–H groups in total. The van der Waals surface area contributed by atoms with E-state index in [0.717, 1.165) is 55.8 Å². The average Bonchev–Trinajstić information content (AvgIpc) is 3.31. The first kappa shape index (κ1) is 17.5. The first-order chi connectivity index (χ1) is 12.6. The van der Waals surface area contributed by atoms with Crippen molar-refractivity contribution < 1.29 is 9.32 Å². The Morgan fingerprint density at radius 3 is 2.81 bits per heavy atom. The number of hydrogen-bond donors (Lipinski definition) is 1. The summed E-state index contributed by atoms with van der Waals surface area (Å²) in [5.41, 5.74) is 6.58. The van der Waals surface area contributed by atoms with E-state index in [4.69, 9.17) is 10.3 Å². The zero-order valence-electron chi connectivity index (χ0n) is 14.9. The van der Waals surface area contributed by atoms with Crippen molar-refractivity contribution in [1.82, 2.24) is 20.0 Å². The second-order valence-corrected chi connectivity index (χ2v) is 8.41. The number of rotatable bonds is 5. The van der Waals surface area contributed by atoms with Crippen LogP contribution in [0.3, 0.4) is 0 Å². The lowest BCUT2D eigenvalue weighted by Gasteiger charge is -2.34. The molecule has 138 valence electrons. The van der Waals surface area contributed by atoms with Gasteiger partial charge in [0.2, 0.25) is 5.91 Å². The van der Waals surface area contributed by atoms with E-state index in [9.17, 15) is 4.79 Å². The minimum absolute atomic E-state index is 0.158. The van der Waals surface area contributed by atoms with Crippen molar-refractivity contribution in [3.63, 3.8) is 0 Å². The number of carbonyl (C=O) groups excluding carboxylic acids is 1. The first-order valence-corrected chi connectivity index (χ1v) is 9.99. The Balaban J connectivity index is 1.54. The monoisotopic (exact) mass is 373 g/mol. The van der Waals surface area contributed by atoms with Gasteiger partial charge < -0.3 is 15.2 Å². The van der Waals surface area contributed by atoms with Crippen LogP contribution in [0, 0.1) is 0 Å². The molecule has 0 spiro atoms. The number of nitrogens with two attached hydrogens (primary N) is 1. The molecule has 1 unspecified atom stereocenters. The highest BCUT2D eigenvalue weighted by molar-refractivity contribution is 8.00. The summed E-state index contributed by atoms with van der Waals surface area (Å²) < 4.78 is 5.47. The lowest BCUT2D eigenvalue weighted by atomic mass is 9.77. The van der Waals surface area contributed by atoms with Gasteiger partial charge in [-0.25, -0.2) is 4.98 Å². The predicted molar refractivity (Wildman–Crippen MR) is 98.4 cm³/mol. The maximum absolute atomic E-state index is 12.6. The van der Waals surface area contributed by atoms with Crippen LogP contribution < -0.4 is 5.73 Å². The second-order valence-electron chi connectivity index (χ2n) is 7.08. The zero-order valence-corrected chi connectivity index (χ0v) is 15.7. The molecule has 1 saturated carbocycles. The Kier molecular flexibility index (Phi) is 4.71. The van der Waals surface area contributed by atoms with Gasteiger partial charge in [0.1, 0.15) is 5.03 Å². The van der Waals surface area contributed by atoms with Gasteiger partial charge in [0.15, 0.2) is 5.82 Å². The summed E-state index contributed by atoms with van der Waals surface area (Å²) in [5, 5.41) is 4.59. The third kappa shape index (κ3) is 3.23. The van der Waals surface area contributed by atoms with Crippen molar-refractivity contribution in [2.75, 3.05) is 13.1 Å². The molecule has 1 aliphatic heterocycles. The van der Waals surface area contributed by atoms with Crippen LogP contribution in [-0.2, 0) is 10.3 Å². The van der Waals surface area contributed by atoms with Gasteiger partial charge in [-0.15, -0.1) is 0 Å². The van der Waals surface area contributed by atoms with Gasteiger partial charge in [-0.1, -0.05) is 16.9 Å². The van der Waals surface area contributed by atoms with E-state index >= 15 is 0 Å². The van der Waals surface area contributed by atoms with Crippen molar-refractivity contribution >= 4 is 17.7 Å². The van der Waals surface area contributed by atoms with Gasteiger partial charge in [-0.3, -0.25) is 4.79 Å². The van der Waals surface area contributed by atoms with Crippen molar-refractivity contribution in [3.8, 4) is 11.5 Å². The standard InChI is InChI=1S/C18H23N5O2S/c1-12(16(24)23-10-2-3-11-23)26-15-13(6-4-9-20-15)14-21-17(22-25-14)18(19)7-5-8-18/h4,6,9,12H,2-3,5,7-8,10-11,19H2,1H3. The van der Waals surface area contributed by atoms with Crippen molar-refractivity contribution in [2.24, 2.45) is 5.73 Å². The first-order valence-electron chi connectivity index (χ1n) is 9.11. The number of carbonyl (C=O) groups is 1. The summed E-state index contributed by atoms with van der Waals surface area (Å²) in [5.74, 6) is 1.12. The van der Waals surface area contributed by atoms with Gasteiger partial charge in [0.25, 0.3) is 5.89 Å². The van der Waals surface area contributed by atoms with E-state index in [1.807, 2.05) is 24.0 Å². The van der Waals surface area contributed by atoms with E-state index in [1.54, 1.807) is 6.20 Å². The third-order valence-corrected chi connectivity index (χ3v) is 6.28. The topological polar surface area (TPSA) is 98.1 Å². The van der Waals surface area contributed by atoms with Crippen LogP contribution in [0.15, 0.2) is 27.9 Å². The molecule has 7 nitrogen and oxygen atoms in total. The Labute approximate surface area is 156 Å². The molecule has 1 aliphatic carbocycles. The van der Waals surface area contributed by atoms with Crippen LogP contribution in [0.25, 0.3) is 11.5 Å². The lowest BCUT2D eigenvalue weighted by molar-refractivity contribution is -0.129. The van der Waals surface area contributed by atoms with Crippen molar-refractivity contribution in [1.29, 1.82) is 0 Å². The van der Waals surface area contributed by atoms with Crippen molar-refractivity contribution in [2.45, 2.75) is 54.8 Å². The molecule has 2 fully saturated rings. The average molecular weight is 373 g/mol. The number of pyridine rings is 1. The number of likely N-dealkylation sites (tertiary alicyclic amines) is 1. The number of amides is 1. The Morgan fingerprint density at radius 1 is 1.35 bits per heavy atom. The van der Waals surface area contributed by atoms with Crippen LogP contribution in [0.2, 0.25) is 0 Å². The molecule has 26 heavy (non-hydrogen) atoms. The summed E-state index contributed by atoms with van der Waals surface area (Å²) in [4.78, 5) is 23.5. The Hall–Kier alpha value is -1.93. The van der Waals surface area contributed by atoms with Gasteiger partial charge in [-0.05, 0) is 51.2 Å². The van der Waals surface area contributed by atoms with E-state index in [0.29, 0.717) is 11.7 Å². The minimum atomic E-state index is -0.462. The molecule has 3 heterocycles.